The fourth-order valence-electron chi connectivity index (χ4n) is 1.80. The van der Waals surface area contributed by atoms with Crippen molar-refractivity contribution in [1.29, 1.82) is 5.26 Å². The molecular weight excluding hydrogens is 276 g/mol. The molecule has 1 aromatic rings. The molecule has 0 atom stereocenters. The molecular formula is C13H14F4N2O. The topological polar surface area (TPSA) is 47.3 Å². The van der Waals surface area contributed by atoms with Gasteiger partial charge in [0.25, 0.3) is 0 Å². The van der Waals surface area contributed by atoms with Gasteiger partial charge < -0.3 is 5.11 Å². The molecule has 0 aromatic heterocycles. The van der Waals surface area contributed by atoms with Crippen LogP contribution >= 0.6 is 0 Å². The predicted octanol–water partition coefficient (Wildman–Crippen LogP) is 2.44. The van der Waals surface area contributed by atoms with Crippen molar-refractivity contribution in [3.8, 4) is 6.07 Å². The number of hydrogen-bond acceptors (Lipinski definition) is 3. The molecule has 0 heterocycles. The summed E-state index contributed by atoms with van der Waals surface area (Å²) < 4.78 is 50.5. The molecule has 0 saturated heterocycles. The Bertz CT molecular complexity index is 482. The number of hydrogen-bond donors (Lipinski definition) is 1. The van der Waals surface area contributed by atoms with Gasteiger partial charge >= 0.3 is 6.18 Å². The van der Waals surface area contributed by atoms with Crippen LogP contribution in [0.25, 0.3) is 0 Å². The Labute approximate surface area is 114 Å². The minimum Gasteiger partial charge on any atom is -0.396 e. The zero-order chi connectivity index (χ0) is 15.2. The zero-order valence-electron chi connectivity index (χ0n) is 10.6. The molecule has 0 spiro atoms. The Hall–Kier alpha value is -1.65. The van der Waals surface area contributed by atoms with Crippen LogP contribution in [0.5, 0.6) is 0 Å². The molecule has 0 aliphatic heterocycles. The average molecular weight is 290 g/mol. The van der Waals surface area contributed by atoms with Crippen LogP contribution in [0, 0.1) is 17.1 Å². The summed E-state index contributed by atoms with van der Waals surface area (Å²) in [4.78, 5) is 1.03. The van der Waals surface area contributed by atoms with E-state index in [0.717, 1.165) is 17.0 Å². The Balaban J connectivity index is 2.88. The third kappa shape index (κ3) is 5.55. The van der Waals surface area contributed by atoms with Crippen molar-refractivity contribution in [3.05, 3.63) is 35.1 Å². The van der Waals surface area contributed by atoms with Crippen LogP contribution in [-0.2, 0) is 6.54 Å². The number of halogens is 4. The first-order chi connectivity index (χ1) is 9.35. The molecule has 0 bridgehead atoms. The van der Waals surface area contributed by atoms with E-state index in [1.54, 1.807) is 0 Å². The number of nitrogens with zero attached hydrogens (tertiary/aromatic N) is 2. The van der Waals surface area contributed by atoms with E-state index in [0.29, 0.717) is 0 Å². The Morgan fingerprint density at radius 1 is 1.30 bits per heavy atom. The lowest BCUT2D eigenvalue weighted by atomic mass is 10.1. The lowest BCUT2D eigenvalue weighted by molar-refractivity contribution is -0.147. The first-order valence-electron chi connectivity index (χ1n) is 5.94. The van der Waals surface area contributed by atoms with Crippen LogP contribution in [0.15, 0.2) is 18.2 Å². The second kappa shape index (κ2) is 7.22. The van der Waals surface area contributed by atoms with E-state index in [9.17, 15) is 17.6 Å². The molecule has 20 heavy (non-hydrogen) atoms. The van der Waals surface area contributed by atoms with Crippen LogP contribution in [0.1, 0.15) is 17.5 Å². The standard InChI is InChI=1S/C13H14F4N2O/c14-12-3-2-10(7-18)11(6-12)8-19(4-1-5-20)9-13(15,16)17/h2-3,6,20H,1,4-5,8-9H2. The van der Waals surface area contributed by atoms with Crippen LogP contribution < -0.4 is 0 Å². The molecule has 0 amide bonds. The lowest BCUT2D eigenvalue weighted by Gasteiger charge is -2.23. The molecule has 1 rings (SSSR count). The number of alkyl halides is 3. The monoisotopic (exact) mass is 290 g/mol. The smallest absolute Gasteiger partial charge is 0.396 e. The summed E-state index contributed by atoms with van der Waals surface area (Å²) in [7, 11) is 0. The largest absolute Gasteiger partial charge is 0.401 e. The third-order valence-electron chi connectivity index (χ3n) is 2.62. The highest BCUT2D eigenvalue weighted by molar-refractivity contribution is 5.37. The van der Waals surface area contributed by atoms with Crippen molar-refractivity contribution in [3.63, 3.8) is 0 Å². The van der Waals surface area contributed by atoms with Gasteiger partial charge in [0.1, 0.15) is 5.82 Å². The minimum atomic E-state index is -4.39. The number of nitriles is 1. The maximum Gasteiger partial charge on any atom is 0.401 e. The highest BCUT2D eigenvalue weighted by atomic mass is 19.4. The highest BCUT2D eigenvalue weighted by Gasteiger charge is 2.30. The molecule has 0 saturated carbocycles. The number of benzene rings is 1. The van der Waals surface area contributed by atoms with Gasteiger partial charge in [-0.05, 0) is 30.2 Å². The van der Waals surface area contributed by atoms with Gasteiger partial charge in [0.05, 0.1) is 18.2 Å². The average Bonchev–Trinajstić information content (AvgIpc) is 2.34. The molecule has 0 radical (unpaired) electrons. The maximum atomic E-state index is 13.1. The van der Waals surface area contributed by atoms with E-state index >= 15 is 0 Å². The molecule has 0 aliphatic rings. The molecule has 110 valence electrons. The normalized spacial score (nSPS) is 11.7. The van der Waals surface area contributed by atoms with Crippen LogP contribution in [0.2, 0.25) is 0 Å². The fraction of sp³-hybridized carbons (Fsp3) is 0.462. The van der Waals surface area contributed by atoms with E-state index in [1.165, 1.54) is 6.07 Å². The summed E-state index contributed by atoms with van der Waals surface area (Å²) in [6.07, 6.45) is -4.22. The highest BCUT2D eigenvalue weighted by Crippen LogP contribution is 2.20. The first-order valence-corrected chi connectivity index (χ1v) is 5.94. The Morgan fingerprint density at radius 2 is 2.00 bits per heavy atom. The van der Waals surface area contributed by atoms with Crippen LogP contribution in [-0.4, -0.2) is 35.9 Å². The fourth-order valence-corrected chi connectivity index (χ4v) is 1.80. The molecule has 0 aliphatic carbocycles. The van der Waals surface area contributed by atoms with Gasteiger partial charge in [0.15, 0.2) is 0 Å². The second-order valence-corrected chi connectivity index (χ2v) is 4.32. The summed E-state index contributed by atoms with van der Waals surface area (Å²) in [6.45, 7) is -1.59. The summed E-state index contributed by atoms with van der Waals surface area (Å²) in [5.74, 6) is -0.604. The minimum absolute atomic E-state index is 0.0113. The van der Waals surface area contributed by atoms with Gasteiger partial charge in [0.2, 0.25) is 0 Å². The van der Waals surface area contributed by atoms with Gasteiger partial charge in [-0.1, -0.05) is 0 Å². The second-order valence-electron chi connectivity index (χ2n) is 4.32. The van der Waals surface area contributed by atoms with Crippen molar-refractivity contribution in [1.82, 2.24) is 4.90 Å². The van der Waals surface area contributed by atoms with Crippen LogP contribution in [0.3, 0.4) is 0 Å². The Kier molecular flexibility index (Phi) is 5.92. The number of rotatable bonds is 6. The predicted molar refractivity (Wildman–Crippen MR) is 64.1 cm³/mol. The van der Waals surface area contributed by atoms with E-state index in [2.05, 4.69) is 0 Å². The van der Waals surface area contributed by atoms with Crippen LogP contribution in [0.4, 0.5) is 17.6 Å². The molecule has 0 fully saturated rings. The molecule has 1 aromatic carbocycles. The first kappa shape index (κ1) is 16.4. The van der Waals surface area contributed by atoms with E-state index in [1.807, 2.05) is 6.07 Å². The van der Waals surface area contributed by atoms with Gasteiger partial charge in [-0.3, -0.25) is 4.90 Å². The number of aliphatic hydroxyl groups excluding tert-OH is 1. The molecule has 1 N–H and O–H groups in total. The van der Waals surface area contributed by atoms with Gasteiger partial charge in [0, 0.05) is 19.7 Å². The van der Waals surface area contributed by atoms with Crippen molar-refractivity contribution in [2.45, 2.75) is 19.1 Å². The van der Waals surface area contributed by atoms with Crippen molar-refractivity contribution >= 4 is 0 Å². The van der Waals surface area contributed by atoms with Gasteiger partial charge in [-0.2, -0.15) is 18.4 Å². The zero-order valence-corrected chi connectivity index (χ0v) is 10.6. The quantitative estimate of drug-likeness (QED) is 0.819. The summed E-state index contributed by atoms with van der Waals surface area (Å²) in [5, 5.41) is 17.6. The molecule has 7 heteroatoms. The van der Waals surface area contributed by atoms with E-state index < -0.39 is 18.5 Å². The Morgan fingerprint density at radius 3 is 2.55 bits per heavy atom. The summed E-state index contributed by atoms with van der Waals surface area (Å²) >= 11 is 0. The van der Waals surface area contributed by atoms with Gasteiger partial charge in [-0.25, -0.2) is 4.39 Å². The van der Waals surface area contributed by atoms with Gasteiger partial charge in [-0.15, -0.1) is 0 Å². The molecule has 3 nitrogen and oxygen atoms in total. The maximum absolute atomic E-state index is 13.1. The molecule has 0 unspecified atom stereocenters. The summed E-state index contributed by atoms with van der Waals surface area (Å²) in [6, 6.07) is 5.21. The van der Waals surface area contributed by atoms with Crippen molar-refractivity contribution in [2.24, 2.45) is 0 Å². The van der Waals surface area contributed by atoms with E-state index in [4.69, 9.17) is 10.4 Å². The summed E-state index contributed by atoms with van der Waals surface area (Å²) in [5.41, 5.74) is 0.345. The SMILES string of the molecule is N#Cc1ccc(F)cc1CN(CCCO)CC(F)(F)F. The lowest BCUT2D eigenvalue weighted by Crippen LogP contribution is -2.35. The van der Waals surface area contributed by atoms with Crippen molar-refractivity contribution in [2.75, 3.05) is 19.7 Å². The van der Waals surface area contributed by atoms with E-state index in [-0.39, 0.29) is 37.2 Å². The third-order valence-corrected chi connectivity index (χ3v) is 2.62. The number of aliphatic hydroxyl groups is 1. The van der Waals surface area contributed by atoms with Crippen molar-refractivity contribution < 1.29 is 22.7 Å².